The van der Waals surface area contributed by atoms with Gasteiger partial charge in [0.15, 0.2) is 0 Å². The Morgan fingerprint density at radius 3 is 2.63 bits per heavy atom. The summed E-state index contributed by atoms with van der Waals surface area (Å²) >= 11 is 0. The van der Waals surface area contributed by atoms with Gasteiger partial charge in [0.25, 0.3) is 0 Å². The lowest BCUT2D eigenvalue weighted by molar-refractivity contribution is -0.176. The predicted octanol–water partition coefficient (Wildman–Crippen LogP) is 0.925. The molecule has 1 saturated heterocycles. The lowest BCUT2D eigenvalue weighted by atomic mass is 9.62. The van der Waals surface area contributed by atoms with Crippen molar-refractivity contribution in [3.05, 3.63) is 0 Å². The van der Waals surface area contributed by atoms with E-state index in [1.165, 1.54) is 0 Å². The maximum absolute atomic E-state index is 12.6. The van der Waals surface area contributed by atoms with Crippen molar-refractivity contribution < 1.29 is 14.6 Å². The standard InChI is InChI=1S/C14H22N2O3/c1-10-4-14(5-10,8-15)12(18)16-6-11(7-17)19-13(2,3)9-16/h10-11,17H,4-7,9H2,1-3H3. The molecule has 1 aliphatic carbocycles. The molecule has 5 heteroatoms. The molecule has 1 N–H and O–H groups in total. The molecule has 19 heavy (non-hydrogen) atoms. The lowest BCUT2D eigenvalue weighted by Crippen LogP contribution is -2.60. The van der Waals surface area contributed by atoms with Crippen molar-refractivity contribution in [2.75, 3.05) is 19.7 Å². The van der Waals surface area contributed by atoms with Gasteiger partial charge < -0.3 is 14.7 Å². The van der Waals surface area contributed by atoms with Crippen molar-refractivity contribution >= 4 is 5.91 Å². The Balaban J connectivity index is 2.13. The van der Waals surface area contributed by atoms with E-state index >= 15 is 0 Å². The number of aliphatic hydroxyl groups is 1. The molecule has 1 unspecified atom stereocenters. The molecule has 1 atom stereocenters. The van der Waals surface area contributed by atoms with E-state index in [4.69, 9.17) is 4.74 Å². The van der Waals surface area contributed by atoms with Crippen molar-refractivity contribution in [1.29, 1.82) is 5.26 Å². The van der Waals surface area contributed by atoms with E-state index in [0.717, 1.165) is 0 Å². The Morgan fingerprint density at radius 2 is 2.16 bits per heavy atom. The number of rotatable bonds is 2. The van der Waals surface area contributed by atoms with Crippen molar-refractivity contribution in [2.45, 2.75) is 45.3 Å². The predicted molar refractivity (Wildman–Crippen MR) is 69.1 cm³/mol. The molecule has 0 spiro atoms. The summed E-state index contributed by atoms with van der Waals surface area (Å²) in [6.45, 7) is 6.59. The first kappa shape index (κ1) is 14.3. The van der Waals surface area contributed by atoms with Crippen LogP contribution in [0.3, 0.4) is 0 Å². The fourth-order valence-electron chi connectivity index (χ4n) is 3.29. The second kappa shape index (κ2) is 4.77. The number of nitrogens with zero attached hydrogens (tertiary/aromatic N) is 2. The molecule has 1 amide bonds. The normalized spacial score (nSPS) is 37.3. The van der Waals surface area contributed by atoms with Crippen LogP contribution in [0.1, 0.15) is 33.6 Å². The maximum Gasteiger partial charge on any atom is 0.243 e. The zero-order valence-electron chi connectivity index (χ0n) is 11.8. The van der Waals surface area contributed by atoms with Gasteiger partial charge in [0.1, 0.15) is 5.41 Å². The van der Waals surface area contributed by atoms with Crippen molar-refractivity contribution in [2.24, 2.45) is 11.3 Å². The Morgan fingerprint density at radius 1 is 1.53 bits per heavy atom. The van der Waals surface area contributed by atoms with Crippen LogP contribution in [0.2, 0.25) is 0 Å². The van der Waals surface area contributed by atoms with Gasteiger partial charge in [0.2, 0.25) is 5.91 Å². The van der Waals surface area contributed by atoms with Crippen molar-refractivity contribution in [1.82, 2.24) is 4.90 Å². The summed E-state index contributed by atoms with van der Waals surface area (Å²) in [6, 6.07) is 2.21. The van der Waals surface area contributed by atoms with Crippen LogP contribution in [0.25, 0.3) is 0 Å². The summed E-state index contributed by atoms with van der Waals surface area (Å²) in [7, 11) is 0. The van der Waals surface area contributed by atoms with Gasteiger partial charge in [0, 0.05) is 13.1 Å². The first-order valence-corrected chi connectivity index (χ1v) is 6.81. The van der Waals surface area contributed by atoms with Crippen LogP contribution < -0.4 is 0 Å². The van der Waals surface area contributed by atoms with Crippen molar-refractivity contribution in [3.63, 3.8) is 0 Å². The maximum atomic E-state index is 12.6. The van der Waals surface area contributed by atoms with Crippen LogP contribution in [-0.2, 0) is 9.53 Å². The highest BCUT2D eigenvalue weighted by molar-refractivity contribution is 5.86. The molecule has 0 aromatic rings. The Labute approximate surface area is 114 Å². The molecule has 2 fully saturated rings. The molecular formula is C14H22N2O3. The van der Waals surface area contributed by atoms with Gasteiger partial charge in [-0.2, -0.15) is 5.26 Å². The van der Waals surface area contributed by atoms with Crippen LogP contribution in [0.5, 0.6) is 0 Å². The van der Waals surface area contributed by atoms with E-state index < -0.39 is 11.0 Å². The van der Waals surface area contributed by atoms with E-state index in [-0.39, 0.29) is 18.6 Å². The SMILES string of the molecule is CC1CC(C#N)(C(=O)N2CC(CO)OC(C)(C)C2)C1. The number of aliphatic hydroxyl groups excluding tert-OH is 1. The van der Waals surface area contributed by atoms with Gasteiger partial charge in [-0.15, -0.1) is 0 Å². The number of morpholine rings is 1. The van der Waals surface area contributed by atoms with Gasteiger partial charge in [-0.05, 0) is 32.6 Å². The van der Waals surface area contributed by atoms with Gasteiger partial charge >= 0.3 is 0 Å². The smallest absolute Gasteiger partial charge is 0.243 e. The third kappa shape index (κ3) is 2.60. The number of hydrogen-bond acceptors (Lipinski definition) is 4. The number of hydrogen-bond donors (Lipinski definition) is 1. The topological polar surface area (TPSA) is 73.6 Å². The first-order valence-electron chi connectivity index (χ1n) is 6.81. The highest BCUT2D eigenvalue weighted by atomic mass is 16.5. The first-order chi connectivity index (χ1) is 8.82. The zero-order valence-corrected chi connectivity index (χ0v) is 11.8. The molecule has 1 heterocycles. The lowest BCUT2D eigenvalue weighted by Gasteiger charge is -2.47. The molecule has 2 rings (SSSR count). The van der Waals surface area contributed by atoms with Gasteiger partial charge in [0.05, 0.1) is 24.4 Å². The quantitative estimate of drug-likeness (QED) is 0.806. The summed E-state index contributed by atoms with van der Waals surface area (Å²) in [6.07, 6.45) is 0.925. The Hall–Kier alpha value is -1.12. The molecule has 1 aliphatic heterocycles. The molecule has 2 aliphatic rings. The Kier molecular flexibility index (Phi) is 3.59. The molecule has 0 bridgehead atoms. The summed E-state index contributed by atoms with van der Waals surface area (Å²) in [5.74, 6) is 0.342. The minimum atomic E-state index is -0.840. The van der Waals surface area contributed by atoms with Gasteiger partial charge in [-0.25, -0.2) is 0 Å². The summed E-state index contributed by atoms with van der Waals surface area (Å²) in [4.78, 5) is 14.3. The minimum absolute atomic E-state index is 0.0945. The third-order valence-electron chi connectivity index (χ3n) is 3.99. The number of nitriles is 1. The zero-order chi connectivity index (χ0) is 14.3. The second-order valence-corrected chi connectivity index (χ2v) is 6.58. The van der Waals surface area contributed by atoms with E-state index in [1.807, 2.05) is 13.8 Å². The summed E-state index contributed by atoms with van der Waals surface area (Å²) < 4.78 is 5.70. The number of amides is 1. The highest BCUT2D eigenvalue weighted by Crippen LogP contribution is 2.46. The monoisotopic (exact) mass is 266 g/mol. The average molecular weight is 266 g/mol. The van der Waals surface area contributed by atoms with Crippen molar-refractivity contribution in [3.8, 4) is 6.07 Å². The minimum Gasteiger partial charge on any atom is -0.394 e. The Bertz CT molecular complexity index is 407. The van der Waals surface area contributed by atoms with E-state index in [2.05, 4.69) is 13.0 Å². The second-order valence-electron chi connectivity index (χ2n) is 6.58. The van der Waals surface area contributed by atoms with Crippen LogP contribution >= 0.6 is 0 Å². The van der Waals surface area contributed by atoms with Crippen LogP contribution in [0, 0.1) is 22.7 Å². The largest absolute Gasteiger partial charge is 0.394 e. The molecule has 0 aromatic carbocycles. The molecule has 0 radical (unpaired) electrons. The molecule has 5 nitrogen and oxygen atoms in total. The summed E-state index contributed by atoms with van der Waals surface area (Å²) in [5, 5.41) is 18.6. The average Bonchev–Trinajstić information content (AvgIpc) is 2.31. The molecule has 106 valence electrons. The van der Waals surface area contributed by atoms with Gasteiger partial charge in [-0.1, -0.05) is 6.92 Å². The molecular weight excluding hydrogens is 244 g/mol. The van der Waals surface area contributed by atoms with Crippen LogP contribution in [0.15, 0.2) is 0 Å². The fraction of sp³-hybridized carbons (Fsp3) is 0.857. The third-order valence-corrected chi connectivity index (χ3v) is 3.99. The number of ether oxygens (including phenoxy) is 1. The van der Waals surface area contributed by atoms with Gasteiger partial charge in [-0.3, -0.25) is 4.79 Å². The highest BCUT2D eigenvalue weighted by Gasteiger charge is 2.52. The van der Waals surface area contributed by atoms with E-state index in [0.29, 0.717) is 31.8 Å². The van der Waals surface area contributed by atoms with Crippen LogP contribution in [-0.4, -0.2) is 47.3 Å². The fourth-order valence-corrected chi connectivity index (χ4v) is 3.29. The summed E-state index contributed by atoms with van der Waals surface area (Å²) in [5.41, 5.74) is -1.32. The van der Waals surface area contributed by atoms with Crippen LogP contribution in [0.4, 0.5) is 0 Å². The number of carbonyl (C=O) groups excluding carboxylic acids is 1. The molecule has 0 aromatic heterocycles. The number of carbonyl (C=O) groups is 1. The molecule has 1 saturated carbocycles. The van der Waals surface area contributed by atoms with E-state index in [9.17, 15) is 15.2 Å². The van der Waals surface area contributed by atoms with E-state index in [1.54, 1.807) is 4.90 Å².